The summed E-state index contributed by atoms with van der Waals surface area (Å²) in [5.41, 5.74) is 0. The molecule has 0 aliphatic carbocycles. The van der Waals surface area contributed by atoms with Gasteiger partial charge in [0.25, 0.3) is 0 Å². The average Bonchev–Trinajstić information content (AvgIpc) is 1.85. The van der Waals surface area contributed by atoms with Gasteiger partial charge in [-0.3, -0.25) is 9.59 Å². The third kappa shape index (κ3) is 2.76. The molecule has 1 unspecified atom stereocenters. The largest absolute Gasteiger partial charge is 0.300 e. The van der Waals surface area contributed by atoms with Crippen LogP contribution < -0.4 is 0 Å². The lowest BCUT2D eigenvalue weighted by Gasteiger charge is -2.21. The van der Waals surface area contributed by atoms with Gasteiger partial charge in [-0.25, -0.2) is 0 Å². The number of rotatable bonds is 4. The van der Waals surface area contributed by atoms with Gasteiger partial charge in [0.2, 0.25) is 0 Å². The van der Waals surface area contributed by atoms with Crippen molar-refractivity contribution in [1.82, 2.24) is 0 Å². The summed E-state index contributed by atoms with van der Waals surface area (Å²) >= 11 is 0. The van der Waals surface area contributed by atoms with E-state index in [1.165, 1.54) is 13.8 Å². The minimum absolute atomic E-state index is 0.0175. The molecule has 0 aromatic heterocycles. The molecular formula is C10H17O2. The normalized spacial score (nSPS) is 13.6. The Bertz CT molecular complexity index is 182. The first-order valence-corrected chi connectivity index (χ1v) is 4.22. The van der Waals surface area contributed by atoms with E-state index in [9.17, 15) is 9.59 Å². The number of ketones is 2. The monoisotopic (exact) mass is 169 g/mol. The molecule has 0 N–H and O–H groups in total. The highest BCUT2D eigenvalue weighted by Crippen LogP contribution is 2.24. The molecule has 0 fully saturated rings. The molecule has 0 aliphatic heterocycles. The van der Waals surface area contributed by atoms with Crippen LogP contribution in [0.4, 0.5) is 0 Å². The first-order valence-electron chi connectivity index (χ1n) is 4.22. The Morgan fingerprint density at radius 2 is 1.42 bits per heavy atom. The van der Waals surface area contributed by atoms with E-state index in [4.69, 9.17) is 0 Å². The standard InChI is InChI=1S/C10H17O2/c1-6(2)10(9(5)12)7(3)8(4)11/h6,10H,1-5H3. The number of hydrogen-bond donors (Lipinski definition) is 0. The van der Waals surface area contributed by atoms with Gasteiger partial charge in [-0.05, 0) is 19.8 Å². The number of hydrogen-bond acceptors (Lipinski definition) is 2. The maximum atomic E-state index is 11.2. The summed E-state index contributed by atoms with van der Waals surface area (Å²) in [6.45, 7) is 8.70. The van der Waals surface area contributed by atoms with E-state index in [0.717, 1.165) is 0 Å². The van der Waals surface area contributed by atoms with Gasteiger partial charge in [0.1, 0.15) is 11.6 Å². The molecule has 2 nitrogen and oxygen atoms in total. The average molecular weight is 169 g/mol. The van der Waals surface area contributed by atoms with E-state index in [1.54, 1.807) is 6.92 Å². The van der Waals surface area contributed by atoms with Gasteiger partial charge < -0.3 is 0 Å². The molecule has 1 atom stereocenters. The van der Waals surface area contributed by atoms with E-state index in [2.05, 4.69) is 0 Å². The van der Waals surface area contributed by atoms with E-state index in [1.807, 2.05) is 13.8 Å². The molecule has 12 heavy (non-hydrogen) atoms. The molecular weight excluding hydrogens is 152 g/mol. The molecule has 0 rings (SSSR count). The van der Waals surface area contributed by atoms with Gasteiger partial charge in [-0.1, -0.05) is 20.8 Å². The molecule has 0 bridgehead atoms. The lowest BCUT2D eigenvalue weighted by Crippen LogP contribution is -2.27. The van der Waals surface area contributed by atoms with E-state index >= 15 is 0 Å². The van der Waals surface area contributed by atoms with Gasteiger partial charge in [0.15, 0.2) is 0 Å². The lowest BCUT2D eigenvalue weighted by molar-refractivity contribution is -0.125. The van der Waals surface area contributed by atoms with Crippen molar-refractivity contribution in [3.05, 3.63) is 5.92 Å². The SMILES string of the molecule is C[C](C(C)=O)C(C(C)=O)C(C)C. The first kappa shape index (κ1) is 11.3. The maximum Gasteiger partial charge on any atom is 0.137 e. The summed E-state index contributed by atoms with van der Waals surface area (Å²) in [6.07, 6.45) is 0. The molecule has 0 amide bonds. The lowest BCUT2D eigenvalue weighted by atomic mass is 9.80. The Hall–Kier alpha value is -0.660. The Morgan fingerprint density at radius 3 is 1.50 bits per heavy atom. The van der Waals surface area contributed by atoms with Crippen LogP contribution in [0.15, 0.2) is 0 Å². The van der Waals surface area contributed by atoms with E-state index < -0.39 is 0 Å². The van der Waals surface area contributed by atoms with Gasteiger partial charge >= 0.3 is 0 Å². The molecule has 0 heterocycles. The van der Waals surface area contributed by atoms with Crippen molar-refractivity contribution in [3.63, 3.8) is 0 Å². The predicted octanol–water partition coefficient (Wildman–Crippen LogP) is 2.03. The molecule has 0 aliphatic rings. The minimum Gasteiger partial charge on any atom is -0.300 e. The zero-order chi connectivity index (χ0) is 9.89. The fourth-order valence-corrected chi connectivity index (χ4v) is 1.49. The second kappa shape index (κ2) is 4.39. The zero-order valence-electron chi connectivity index (χ0n) is 8.47. The van der Waals surface area contributed by atoms with Crippen molar-refractivity contribution < 1.29 is 9.59 Å². The van der Waals surface area contributed by atoms with Gasteiger partial charge in [-0.2, -0.15) is 0 Å². The van der Waals surface area contributed by atoms with Crippen LogP contribution in [-0.4, -0.2) is 11.6 Å². The van der Waals surface area contributed by atoms with Crippen LogP contribution >= 0.6 is 0 Å². The minimum atomic E-state index is -0.192. The van der Waals surface area contributed by atoms with Crippen molar-refractivity contribution >= 4 is 11.6 Å². The second-order valence-electron chi connectivity index (χ2n) is 3.57. The number of carbonyl (C=O) groups is 2. The van der Waals surface area contributed by atoms with Crippen LogP contribution in [0.1, 0.15) is 34.6 Å². The topological polar surface area (TPSA) is 34.1 Å². The zero-order valence-corrected chi connectivity index (χ0v) is 8.47. The molecule has 69 valence electrons. The summed E-state index contributed by atoms with van der Waals surface area (Å²) in [4.78, 5) is 22.2. The molecule has 0 saturated carbocycles. The van der Waals surface area contributed by atoms with E-state index in [-0.39, 0.29) is 23.4 Å². The van der Waals surface area contributed by atoms with Crippen LogP contribution in [0.3, 0.4) is 0 Å². The molecule has 0 aromatic rings. The summed E-state index contributed by atoms with van der Waals surface area (Å²) in [6, 6.07) is 0. The third-order valence-electron chi connectivity index (χ3n) is 2.13. The highest BCUT2D eigenvalue weighted by Gasteiger charge is 2.28. The van der Waals surface area contributed by atoms with Gasteiger partial charge in [-0.15, -0.1) is 0 Å². The summed E-state index contributed by atoms with van der Waals surface area (Å²) in [5, 5.41) is 0. The van der Waals surface area contributed by atoms with Crippen molar-refractivity contribution in [1.29, 1.82) is 0 Å². The Balaban J connectivity index is 4.51. The van der Waals surface area contributed by atoms with Crippen LogP contribution in [0, 0.1) is 17.8 Å². The van der Waals surface area contributed by atoms with Crippen molar-refractivity contribution in [3.8, 4) is 0 Å². The van der Waals surface area contributed by atoms with Crippen molar-refractivity contribution in [2.45, 2.75) is 34.6 Å². The molecule has 0 spiro atoms. The summed E-state index contributed by atoms with van der Waals surface area (Å²) in [5.74, 6) is 0.799. The molecule has 0 aromatic carbocycles. The van der Waals surface area contributed by atoms with Crippen LogP contribution in [0.2, 0.25) is 0 Å². The van der Waals surface area contributed by atoms with E-state index in [0.29, 0.717) is 5.92 Å². The first-order chi connectivity index (χ1) is 5.37. The predicted molar refractivity (Wildman–Crippen MR) is 48.6 cm³/mol. The number of Topliss-reactive ketones (excluding diaryl/α,β-unsaturated/α-hetero) is 2. The summed E-state index contributed by atoms with van der Waals surface area (Å²) in [7, 11) is 0. The van der Waals surface area contributed by atoms with Gasteiger partial charge in [0, 0.05) is 11.8 Å². The summed E-state index contributed by atoms with van der Waals surface area (Å²) < 4.78 is 0. The Morgan fingerprint density at radius 1 is 1.00 bits per heavy atom. The molecule has 2 heteroatoms. The van der Waals surface area contributed by atoms with Crippen LogP contribution in [-0.2, 0) is 9.59 Å². The highest BCUT2D eigenvalue weighted by molar-refractivity contribution is 5.96. The van der Waals surface area contributed by atoms with Gasteiger partial charge in [0.05, 0.1) is 0 Å². The highest BCUT2D eigenvalue weighted by atomic mass is 16.1. The maximum absolute atomic E-state index is 11.2. The Labute approximate surface area is 74.3 Å². The molecule has 0 saturated heterocycles. The third-order valence-corrected chi connectivity index (χ3v) is 2.13. The van der Waals surface area contributed by atoms with Crippen molar-refractivity contribution in [2.24, 2.45) is 11.8 Å². The second-order valence-corrected chi connectivity index (χ2v) is 3.57. The molecule has 1 radical (unpaired) electrons. The Kier molecular flexibility index (Phi) is 4.15. The van der Waals surface area contributed by atoms with Crippen LogP contribution in [0.5, 0.6) is 0 Å². The van der Waals surface area contributed by atoms with Crippen LogP contribution in [0.25, 0.3) is 0 Å². The fourth-order valence-electron chi connectivity index (χ4n) is 1.49. The fraction of sp³-hybridized carbons (Fsp3) is 0.700. The quantitative estimate of drug-likeness (QED) is 0.645. The van der Waals surface area contributed by atoms with Crippen molar-refractivity contribution in [2.75, 3.05) is 0 Å². The number of carbonyl (C=O) groups excluding carboxylic acids is 2. The smallest absolute Gasteiger partial charge is 0.137 e.